The molecule has 0 amide bonds. The topological polar surface area (TPSA) is 18.5 Å². The molecular formula is C20H23BO2. The van der Waals surface area contributed by atoms with Gasteiger partial charge in [-0.1, -0.05) is 66.7 Å². The highest BCUT2D eigenvalue weighted by Crippen LogP contribution is 2.36. The van der Waals surface area contributed by atoms with Crippen molar-refractivity contribution in [1.29, 1.82) is 0 Å². The lowest BCUT2D eigenvalue weighted by Crippen LogP contribution is -2.41. The molecule has 0 saturated carbocycles. The van der Waals surface area contributed by atoms with Crippen LogP contribution in [-0.4, -0.2) is 18.3 Å². The van der Waals surface area contributed by atoms with Crippen LogP contribution in [-0.2, 0) is 9.31 Å². The summed E-state index contributed by atoms with van der Waals surface area (Å²) in [5.41, 5.74) is 2.76. The third kappa shape index (κ3) is 3.41. The van der Waals surface area contributed by atoms with E-state index in [1.165, 1.54) is 5.56 Å². The molecule has 3 heteroatoms. The summed E-state index contributed by atoms with van der Waals surface area (Å²) in [7, 11) is -0.315. The van der Waals surface area contributed by atoms with Gasteiger partial charge in [-0.05, 0) is 44.3 Å². The summed E-state index contributed by atoms with van der Waals surface area (Å²) < 4.78 is 12.2. The zero-order chi connectivity index (χ0) is 16.5. The van der Waals surface area contributed by atoms with Gasteiger partial charge in [0.05, 0.1) is 11.2 Å². The van der Waals surface area contributed by atoms with Crippen molar-refractivity contribution in [3.63, 3.8) is 0 Å². The van der Waals surface area contributed by atoms with Gasteiger partial charge in [-0.2, -0.15) is 0 Å². The lowest BCUT2D eigenvalue weighted by atomic mass is 9.78. The second-order valence-corrected chi connectivity index (χ2v) is 7.00. The van der Waals surface area contributed by atoms with E-state index in [1.807, 2.05) is 24.3 Å². The van der Waals surface area contributed by atoms with E-state index in [0.717, 1.165) is 11.0 Å². The third-order valence-electron chi connectivity index (χ3n) is 4.70. The molecule has 0 radical (unpaired) electrons. The molecule has 1 aliphatic heterocycles. The summed E-state index contributed by atoms with van der Waals surface area (Å²) in [6.07, 6.45) is 4.23. The van der Waals surface area contributed by atoms with Crippen LogP contribution in [0.15, 0.2) is 54.6 Å². The van der Waals surface area contributed by atoms with Gasteiger partial charge in [-0.25, -0.2) is 0 Å². The van der Waals surface area contributed by atoms with Crippen molar-refractivity contribution in [1.82, 2.24) is 0 Å². The highest BCUT2D eigenvalue weighted by molar-refractivity contribution is 6.62. The Bertz CT molecular complexity index is 689. The standard InChI is InChI=1S/C20H23BO2/c1-19(2)20(3,4)23-21(22-19)18-12-8-11-17(15-18)14-13-16-9-6-5-7-10-16/h5-15H,1-4H3/b14-13+. The molecule has 3 rings (SSSR count). The molecule has 0 bridgehead atoms. The minimum atomic E-state index is -0.315. The molecule has 1 saturated heterocycles. The van der Waals surface area contributed by atoms with Crippen molar-refractivity contribution in [2.75, 3.05) is 0 Å². The maximum Gasteiger partial charge on any atom is 0.494 e. The van der Waals surface area contributed by atoms with Crippen molar-refractivity contribution in [2.45, 2.75) is 38.9 Å². The monoisotopic (exact) mass is 306 g/mol. The summed E-state index contributed by atoms with van der Waals surface area (Å²) >= 11 is 0. The fourth-order valence-electron chi connectivity index (χ4n) is 2.55. The van der Waals surface area contributed by atoms with E-state index in [0.29, 0.717) is 0 Å². The smallest absolute Gasteiger partial charge is 0.399 e. The van der Waals surface area contributed by atoms with Crippen LogP contribution in [0.25, 0.3) is 12.2 Å². The Labute approximate surface area is 139 Å². The summed E-state index contributed by atoms with van der Waals surface area (Å²) in [5.74, 6) is 0. The predicted octanol–water partition coefficient (Wildman–Crippen LogP) is 4.16. The molecule has 23 heavy (non-hydrogen) atoms. The van der Waals surface area contributed by atoms with Gasteiger partial charge in [-0.3, -0.25) is 0 Å². The molecule has 2 aromatic rings. The first kappa shape index (κ1) is 16.0. The Morgan fingerprint density at radius 1 is 0.739 bits per heavy atom. The molecule has 0 unspecified atom stereocenters. The van der Waals surface area contributed by atoms with Gasteiger partial charge in [-0.15, -0.1) is 0 Å². The average Bonchev–Trinajstić information content (AvgIpc) is 2.75. The second kappa shape index (κ2) is 5.99. The summed E-state index contributed by atoms with van der Waals surface area (Å²) in [6.45, 7) is 8.30. The molecule has 2 aromatic carbocycles. The van der Waals surface area contributed by atoms with E-state index < -0.39 is 0 Å². The zero-order valence-electron chi connectivity index (χ0n) is 14.2. The van der Waals surface area contributed by atoms with Gasteiger partial charge in [0.15, 0.2) is 0 Å². The largest absolute Gasteiger partial charge is 0.494 e. The van der Waals surface area contributed by atoms with Crippen molar-refractivity contribution >= 4 is 24.7 Å². The van der Waals surface area contributed by atoms with Crippen LogP contribution in [0, 0.1) is 0 Å². The molecule has 1 fully saturated rings. The molecule has 1 aliphatic rings. The highest BCUT2D eigenvalue weighted by Gasteiger charge is 2.51. The maximum absolute atomic E-state index is 6.12. The summed E-state index contributed by atoms with van der Waals surface area (Å²) in [4.78, 5) is 0. The van der Waals surface area contributed by atoms with Crippen molar-refractivity contribution in [3.05, 3.63) is 65.7 Å². The van der Waals surface area contributed by atoms with Crippen LogP contribution in [0.4, 0.5) is 0 Å². The SMILES string of the molecule is CC1(C)OB(c2cccc(/C=C/c3ccccc3)c2)OC1(C)C. The van der Waals surface area contributed by atoms with Gasteiger partial charge < -0.3 is 9.31 Å². The summed E-state index contributed by atoms with van der Waals surface area (Å²) in [5, 5.41) is 0. The van der Waals surface area contributed by atoms with E-state index in [-0.39, 0.29) is 18.3 Å². The molecule has 0 aliphatic carbocycles. The minimum Gasteiger partial charge on any atom is -0.399 e. The van der Waals surface area contributed by atoms with Crippen LogP contribution in [0.1, 0.15) is 38.8 Å². The van der Waals surface area contributed by atoms with Gasteiger partial charge in [0.25, 0.3) is 0 Å². The highest BCUT2D eigenvalue weighted by atomic mass is 16.7. The molecular weight excluding hydrogens is 283 g/mol. The average molecular weight is 306 g/mol. The van der Waals surface area contributed by atoms with E-state index in [2.05, 4.69) is 70.2 Å². The van der Waals surface area contributed by atoms with Gasteiger partial charge >= 0.3 is 7.12 Å². The van der Waals surface area contributed by atoms with E-state index in [9.17, 15) is 0 Å². The Balaban J connectivity index is 1.80. The molecule has 118 valence electrons. The van der Waals surface area contributed by atoms with E-state index in [1.54, 1.807) is 0 Å². The van der Waals surface area contributed by atoms with Gasteiger partial charge in [0.2, 0.25) is 0 Å². The van der Waals surface area contributed by atoms with E-state index >= 15 is 0 Å². The normalized spacial score (nSPS) is 19.4. The lowest BCUT2D eigenvalue weighted by Gasteiger charge is -2.32. The molecule has 0 atom stereocenters. The van der Waals surface area contributed by atoms with Crippen molar-refractivity contribution in [2.24, 2.45) is 0 Å². The maximum atomic E-state index is 6.12. The second-order valence-electron chi connectivity index (χ2n) is 7.00. The number of rotatable bonds is 3. The third-order valence-corrected chi connectivity index (χ3v) is 4.70. The van der Waals surface area contributed by atoms with Crippen molar-refractivity contribution in [3.8, 4) is 0 Å². The van der Waals surface area contributed by atoms with Crippen LogP contribution in [0.5, 0.6) is 0 Å². The van der Waals surface area contributed by atoms with Crippen LogP contribution in [0.2, 0.25) is 0 Å². The quantitative estimate of drug-likeness (QED) is 0.626. The Morgan fingerprint density at radius 2 is 1.30 bits per heavy atom. The number of benzene rings is 2. The zero-order valence-corrected chi connectivity index (χ0v) is 14.2. The fraction of sp³-hybridized carbons (Fsp3) is 0.300. The van der Waals surface area contributed by atoms with Crippen LogP contribution in [0.3, 0.4) is 0 Å². The molecule has 1 heterocycles. The first-order chi connectivity index (χ1) is 10.9. The van der Waals surface area contributed by atoms with Crippen LogP contribution >= 0.6 is 0 Å². The van der Waals surface area contributed by atoms with Crippen molar-refractivity contribution < 1.29 is 9.31 Å². The number of hydrogen-bond donors (Lipinski definition) is 0. The minimum absolute atomic E-state index is 0.312. The first-order valence-electron chi connectivity index (χ1n) is 8.06. The molecule has 0 aromatic heterocycles. The van der Waals surface area contributed by atoms with Gasteiger partial charge in [0, 0.05) is 0 Å². The lowest BCUT2D eigenvalue weighted by molar-refractivity contribution is 0.00578. The summed E-state index contributed by atoms with van der Waals surface area (Å²) in [6, 6.07) is 18.6. The number of hydrogen-bond acceptors (Lipinski definition) is 2. The fourth-order valence-corrected chi connectivity index (χ4v) is 2.55. The van der Waals surface area contributed by atoms with Gasteiger partial charge in [0.1, 0.15) is 0 Å². The Morgan fingerprint density at radius 3 is 1.96 bits per heavy atom. The van der Waals surface area contributed by atoms with E-state index in [4.69, 9.17) is 9.31 Å². The molecule has 0 N–H and O–H groups in total. The molecule has 0 spiro atoms. The Hall–Kier alpha value is -1.84. The first-order valence-corrected chi connectivity index (χ1v) is 8.06. The molecule has 2 nitrogen and oxygen atoms in total. The predicted molar refractivity (Wildman–Crippen MR) is 97.5 cm³/mol. The van der Waals surface area contributed by atoms with Crippen LogP contribution < -0.4 is 5.46 Å². The Kier molecular flexibility index (Phi) is 4.18.